The summed E-state index contributed by atoms with van der Waals surface area (Å²) < 4.78 is 13.6. The van der Waals surface area contributed by atoms with Crippen LogP contribution in [0, 0.1) is 5.82 Å². The Morgan fingerprint density at radius 3 is 1.83 bits per heavy atom. The molecule has 0 saturated carbocycles. The number of aliphatic imine (C=N–C) groups is 1. The number of halogens is 1. The Hall–Kier alpha value is -5.56. The lowest BCUT2D eigenvalue weighted by Gasteiger charge is -2.25. The molecule has 0 heterocycles. The van der Waals surface area contributed by atoms with Crippen molar-refractivity contribution in [2.24, 2.45) is 27.9 Å². The number of carbonyl (C=O) groups excluding carboxylic acids is 4. The minimum absolute atomic E-state index is 0.001000. The topological polar surface area (TPSA) is 221 Å². The Morgan fingerprint density at radius 1 is 0.739 bits per heavy atom. The van der Waals surface area contributed by atoms with Crippen LogP contribution in [0.15, 0.2) is 89.9 Å². The number of benzene rings is 3. The Balaban J connectivity index is 1.87. The van der Waals surface area contributed by atoms with Crippen LogP contribution in [0.3, 0.4) is 0 Å². The SMILES string of the molecule is NCCC[C@H](NC(=O)[C@H](Cc1ccc(N=C(N)N)cc1)NC(=O)[C@H](Cc1ccc(F)cc1)NC(=O)/C=C/c1ccccc1)C(N)=O. The highest BCUT2D eigenvalue weighted by molar-refractivity contribution is 5.97. The fraction of sp³-hybridized carbons (Fsp3) is 0.242. The summed E-state index contributed by atoms with van der Waals surface area (Å²) in [5, 5.41) is 8.01. The minimum atomic E-state index is -1.19. The van der Waals surface area contributed by atoms with Crippen LogP contribution < -0.4 is 38.9 Å². The van der Waals surface area contributed by atoms with Crippen molar-refractivity contribution in [3.05, 3.63) is 107 Å². The third kappa shape index (κ3) is 11.8. The zero-order chi connectivity index (χ0) is 33.5. The third-order valence-electron chi connectivity index (χ3n) is 6.84. The van der Waals surface area contributed by atoms with Gasteiger partial charge in [0.2, 0.25) is 23.6 Å². The number of nitrogens with two attached hydrogens (primary N) is 4. The highest BCUT2D eigenvalue weighted by Gasteiger charge is 2.29. The smallest absolute Gasteiger partial charge is 0.244 e. The van der Waals surface area contributed by atoms with Crippen molar-refractivity contribution in [2.75, 3.05) is 6.54 Å². The van der Waals surface area contributed by atoms with E-state index in [-0.39, 0.29) is 31.8 Å². The molecule has 0 aliphatic carbocycles. The summed E-state index contributed by atoms with van der Waals surface area (Å²) in [5.41, 5.74) is 24.4. The lowest BCUT2D eigenvalue weighted by atomic mass is 10.0. The number of hydrogen-bond donors (Lipinski definition) is 7. The van der Waals surface area contributed by atoms with Gasteiger partial charge in [0.25, 0.3) is 0 Å². The summed E-state index contributed by atoms with van der Waals surface area (Å²) in [4.78, 5) is 56.2. The maximum atomic E-state index is 13.7. The van der Waals surface area contributed by atoms with Gasteiger partial charge < -0.3 is 38.9 Å². The number of rotatable bonds is 16. The quantitative estimate of drug-likeness (QED) is 0.0688. The molecule has 11 N–H and O–H groups in total. The van der Waals surface area contributed by atoms with E-state index >= 15 is 0 Å². The van der Waals surface area contributed by atoms with E-state index in [1.807, 2.05) is 30.3 Å². The number of carbonyl (C=O) groups is 4. The Bertz CT molecular complexity index is 1530. The molecule has 0 fully saturated rings. The number of nitrogens with one attached hydrogen (secondary N) is 3. The molecule has 0 aromatic heterocycles. The van der Waals surface area contributed by atoms with Gasteiger partial charge in [-0.3, -0.25) is 19.2 Å². The van der Waals surface area contributed by atoms with Crippen LogP contribution in [-0.2, 0) is 32.0 Å². The Kier molecular flexibility index (Phi) is 13.4. The van der Waals surface area contributed by atoms with Gasteiger partial charge in [0.05, 0.1) is 5.69 Å². The molecule has 0 unspecified atom stereocenters. The maximum absolute atomic E-state index is 13.7. The monoisotopic (exact) mass is 630 g/mol. The lowest BCUT2D eigenvalue weighted by molar-refractivity contribution is -0.132. The molecule has 46 heavy (non-hydrogen) atoms. The molecule has 4 amide bonds. The zero-order valence-electron chi connectivity index (χ0n) is 25.2. The van der Waals surface area contributed by atoms with Gasteiger partial charge in [-0.25, -0.2) is 9.38 Å². The van der Waals surface area contributed by atoms with Gasteiger partial charge in [-0.05, 0) is 66.4 Å². The van der Waals surface area contributed by atoms with Crippen molar-refractivity contribution in [1.82, 2.24) is 16.0 Å². The van der Waals surface area contributed by atoms with E-state index in [0.717, 1.165) is 5.56 Å². The van der Waals surface area contributed by atoms with E-state index in [2.05, 4.69) is 20.9 Å². The van der Waals surface area contributed by atoms with Crippen LogP contribution in [0.5, 0.6) is 0 Å². The minimum Gasteiger partial charge on any atom is -0.370 e. The van der Waals surface area contributed by atoms with E-state index in [9.17, 15) is 23.6 Å². The molecule has 0 aliphatic rings. The number of amides is 4. The van der Waals surface area contributed by atoms with Crippen molar-refractivity contribution < 1.29 is 23.6 Å². The van der Waals surface area contributed by atoms with Crippen LogP contribution in [0.2, 0.25) is 0 Å². The summed E-state index contributed by atoms with van der Waals surface area (Å²) >= 11 is 0. The number of guanidine groups is 1. The summed E-state index contributed by atoms with van der Waals surface area (Å²) in [7, 11) is 0. The zero-order valence-corrected chi connectivity index (χ0v) is 25.2. The Labute approximate surface area is 266 Å². The van der Waals surface area contributed by atoms with Crippen molar-refractivity contribution >= 4 is 41.4 Å². The van der Waals surface area contributed by atoms with Gasteiger partial charge in [-0.15, -0.1) is 0 Å². The van der Waals surface area contributed by atoms with E-state index in [1.165, 1.54) is 30.3 Å². The number of hydrogen-bond acceptors (Lipinski definition) is 6. The predicted molar refractivity (Wildman–Crippen MR) is 174 cm³/mol. The van der Waals surface area contributed by atoms with Gasteiger partial charge in [-0.2, -0.15) is 0 Å². The van der Waals surface area contributed by atoms with Gasteiger partial charge >= 0.3 is 0 Å². The first kappa shape index (κ1) is 34.9. The largest absolute Gasteiger partial charge is 0.370 e. The third-order valence-corrected chi connectivity index (χ3v) is 6.84. The summed E-state index contributed by atoms with van der Waals surface area (Å²) in [6.07, 6.45) is 3.53. The maximum Gasteiger partial charge on any atom is 0.244 e. The van der Waals surface area contributed by atoms with Gasteiger partial charge in [0.1, 0.15) is 23.9 Å². The first-order valence-electron chi connectivity index (χ1n) is 14.6. The van der Waals surface area contributed by atoms with Crippen LogP contribution >= 0.6 is 0 Å². The predicted octanol–water partition coefficient (Wildman–Crippen LogP) is 0.908. The van der Waals surface area contributed by atoms with Crippen LogP contribution in [0.4, 0.5) is 10.1 Å². The molecule has 3 rings (SSSR count). The second kappa shape index (κ2) is 17.7. The summed E-state index contributed by atoms with van der Waals surface area (Å²) in [6, 6.07) is 17.9. The standard InChI is InChI=1S/C33H39FN8O4/c34-24-13-8-22(9-14-24)19-27(40-29(43)17-12-21-5-2-1-3-6-21)31(45)42-28(32(46)41-26(30(36)44)7-4-18-35)20-23-10-15-25(16-11-23)39-33(37)38/h1-3,5-6,8-17,26-28H,4,7,18-20,35H2,(H2,36,44)(H,40,43)(H,41,46)(H,42,45)(H4,37,38,39)/b17-12+/t26-,27-,28-/m0/s1. The second-order valence-corrected chi connectivity index (χ2v) is 10.5. The van der Waals surface area contributed by atoms with Crippen LogP contribution in [-0.4, -0.2) is 54.3 Å². The normalized spacial score (nSPS) is 12.8. The average molecular weight is 631 g/mol. The molecule has 13 heteroatoms. The molecule has 242 valence electrons. The summed E-state index contributed by atoms with van der Waals surface area (Å²) in [6.45, 7) is 0.283. The van der Waals surface area contributed by atoms with Crippen LogP contribution in [0.1, 0.15) is 29.5 Å². The van der Waals surface area contributed by atoms with Crippen molar-refractivity contribution in [3.63, 3.8) is 0 Å². The molecule has 12 nitrogen and oxygen atoms in total. The van der Waals surface area contributed by atoms with E-state index < -0.39 is 47.6 Å². The molecular weight excluding hydrogens is 591 g/mol. The highest BCUT2D eigenvalue weighted by Crippen LogP contribution is 2.15. The molecule has 0 spiro atoms. The lowest BCUT2D eigenvalue weighted by Crippen LogP contribution is -2.57. The number of nitrogens with zero attached hydrogens (tertiary/aromatic N) is 1. The average Bonchev–Trinajstić information content (AvgIpc) is 3.03. The van der Waals surface area contributed by atoms with Crippen molar-refractivity contribution in [2.45, 2.75) is 43.8 Å². The molecular formula is C33H39FN8O4. The molecule has 3 aromatic carbocycles. The fourth-order valence-corrected chi connectivity index (χ4v) is 4.47. The van der Waals surface area contributed by atoms with Crippen molar-refractivity contribution in [1.29, 1.82) is 0 Å². The second-order valence-electron chi connectivity index (χ2n) is 10.5. The van der Waals surface area contributed by atoms with Gasteiger partial charge in [0.15, 0.2) is 5.96 Å². The van der Waals surface area contributed by atoms with E-state index in [4.69, 9.17) is 22.9 Å². The van der Waals surface area contributed by atoms with E-state index in [1.54, 1.807) is 30.3 Å². The molecule has 0 radical (unpaired) electrons. The Morgan fingerprint density at radius 2 is 1.28 bits per heavy atom. The first-order valence-corrected chi connectivity index (χ1v) is 14.6. The number of primary amides is 1. The molecule has 3 atom stereocenters. The molecule has 0 bridgehead atoms. The molecule has 0 saturated heterocycles. The molecule has 0 aliphatic heterocycles. The molecule has 3 aromatic rings. The first-order chi connectivity index (χ1) is 22.0. The van der Waals surface area contributed by atoms with Crippen LogP contribution in [0.25, 0.3) is 6.08 Å². The fourth-order valence-electron chi connectivity index (χ4n) is 4.47. The highest BCUT2D eigenvalue weighted by atomic mass is 19.1. The van der Waals surface area contributed by atoms with Gasteiger partial charge in [-0.1, -0.05) is 54.6 Å². The van der Waals surface area contributed by atoms with E-state index in [0.29, 0.717) is 23.2 Å². The van der Waals surface area contributed by atoms with Crippen molar-refractivity contribution in [3.8, 4) is 0 Å². The summed E-state index contributed by atoms with van der Waals surface area (Å²) in [5.74, 6) is -3.24. The van der Waals surface area contributed by atoms with Gasteiger partial charge in [0, 0.05) is 18.9 Å².